The first-order valence-electron chi connectivity index (χ1n) is 7.37. The van der Waals surface area contributed by atoms with Crippen LogP contribution in [0.15, 0.2) is 0 Å². The molecule has 0 bridgehead atoms. The van der Waals surface area contributed by atoms with Gasteiger partial charge in [-0.3, -0.25) is 0 Å². The van der Waals surface area contributed by atoms with Crippen molar-refractivity contribution in [1.82, 2.24) is 14.7 Å². The van der Waals surface area contributed by atoms with Crippen LogP contribution in [0.5, 0.6) is 0 Å². The molecule has 116 valence electrons. The van der Waals surface area contributed by atoms with Crippen molar-refractivity contribution in [2.45, 2.75) is 45.2 Å². The Hall–Kier alpha value is -1.30. The van der Waals surface area contributed by atoms with E-state index in [4.69, 9.17) is 5.11 Å². The quantitative estimate of drug-likeness (QED) is 0.827. The Morgan fingerprint density at radius 3 is 2.20 bits per heavy atom. The third kappa shape index (κ3) is 3.85. The molecule has 20 heavy (non-hydrogen) atoms. The molecule has 2 amide bonds. The van der Waals surface area contributed by atoms with Gasteiger partial charge in [0.1, 0.15) is 6.04 Å². The zero-order valence-corrected chi connectivity index (χ0v) is 13.0. The molecule has 1 atom stereocenters. The molecule has 0 aromatic heterocycles. The lowest BCUT2D eigenvalue weighted by Crippen LogP contribution is -2.52. The predicted octanol–water partition coefficient (Wildman–Crippen LogP) is 1.32. The fraction of sp³-hybridized carbons (Fsp3) is 0.857. The highest BCUT2D eigenvalue weighted by Crippen LogP contribution is 2.17. The van der Waals surface area contributed by atoms with Crippen LogP contribution in [-0.2, 0) is 4.79 Å². The summed E-state index contributed by atoms with van der Waals surface area (Å²) in [5, 5.41) is 9.13. The lowest BCUT2D eigenvalue weighted by Gasteiger charge is -2.38. The van der Waals surface area contributed by atoms with Crippen molar-refractivity contribution in [3.05, 3.63) is 0 Å². The minimum Gasteiger partial charge on any atom is -0.480 e. The molecular formula is C14H27N3O3. The van der Waals surface area contributed by atoms with Crippen molar-refractivity contribution < 1.29 is 14.7 Å². The van der Waals surface area contributed by atoms with Gasteiger partial charge in [-0.2, -0.15) is 0 Å². The molecule has 0 radical (unpaired) electrons. The molecule has 6 heteroatoms. The average Bonchev–Trinajstić information content (AvgIpc) is 2.46. The van der Waals surface area contributed by atoms with Gasteiger partial charge in [0, 0.05) is 33.2 Å². The maximum atomic E-state index is 12.4. The fourth-order valence-electron chi connectivity index (χ4n) is 2.78. The van der Waals surface area contributed by atoms with Crippen molar-refractivity contribution in [3.8, 4) is 0 Å². The number of hydrogen-bond acceptors (Lipinski definition) is 3. The van der Waals surface area contributed by atoms with Crippen LogP contribution in [-0.4, -0.2) is 77.6 Å². The van der Waals surface area contributed by atoms with Gasteiger partial charge < -0.3 is 19.8 Å². The van der Waals surface area contributed by atoms with Crippen LogP contribution in [0.3, 0.4) is 0 Å². The summed E-state index contributed by atoms with van der Waals surface area (Å²) in [6.07, 6.45) is 2.32. The molecule has 0 saturated carbocycles. The highest BCUT2D eigenvalue weighted by molar-refractivity contribution is 5.82. The Morgan fingerprint density at radius 1 is 1.25 bits per heavy atom. The minimum atomic E-state index is -0.947. The number of amides is 2. The summed E-state index contributed by atoms with van der Waals surface area (Å²) in [4.78, 5) is 28.9. The largest absolute Gasteiger partial charge is 0.480 e. The van der Waals surface area contributed by atoms with Crippen LogP contribution >= 0.6 is 0 Å². The van der Waals surface area contributed by atoms with Crippen LogP contribution in [0.25, 0.3) is 0 Å². The van der Waals surface area contributed by atoms with Gasteiger partial charge in [-0.15, -0.1) is 0 Å². The number of carbonyl (C=O) groups is 2. The molecule has 0 aromatic rings. The second-order valence-electron chi connectivity index (χ2n) is 5.43. The van der Waals surface area contributed by atoms with E-state index in [0.717, 1.165) is 32.5 Å². The van der Waals surface area contributed by atoms with Crippen LogP contribution in [0, 0.1) is 0 Å². The molecule has 6 nitrogen and oxygen atoms in total. The maximum absolute atomic E-state index is 12.4. The van der Waals surface area contributed by atoms with E-state index in [1.807, 2.05) is 0 Å². The first kappa shape index (κ1) is 16.8. The van der Waals surface area contributed by atoms with Gasteiger partial charge in [0.2, 0.25) is 0 Å². The van der Waals surface area contributed by atoms with E-state index >= 15 is 0 Å². The summed E-state index contributed by atoms with van der Waals surface area (Å²) in [6, 6.07) is -0.742. The zero-order valence-electron chi connectivity index (χ0n) is 13.0. The van der Waals surface area contributed by atoms with E-state index in [1.54, 1.807) is 25.9 Å². The van der Waals surface area contributed by atoms with Crippen molar-refractivity contribution in [1.29, 1.82) is 0 Å². The summed E-state index contributed by atoms with van der Waals surface area (Å²) >= 11 is 0. The molecule has 0 spiro atoms. The van der Waals surface area contributed by atoms with E-state index in [-0.39, 0.29) is 12.1 Å². The molecular weight excluding hydrogens is 258 g/mol. The molecule has 0 aliphatic carbocycles. The lowest BCUT2D eigenvalue weighted by molar-refractivity contribution is -0.142. The van der Waals surface area contributed by atoms with Crippen molar-refractivity contribution in [2.24, 2.45) is 0 Å². The summed E-state index contributed by atoms with van der Waals surface area (Å²) < 4.78 is 0. The van der Waals surface area contributed by atoms with Gasteiger partial charge in [-0.1, -0.05) is 13.8 Å². The highest BCUT2D eigenvalue weighted by Gasteiger charge is 2.31. The second-order valence-corrected chi connectivity index (χ2v) is 5.43. The Kier molecular flexibility index (Phi) is 6.26. The normalized spacial score (nSPS) is 18.6. The van der Waals surface area contributed by atoms with Gasteiger partial charge in [0.15, 0.2) is 0 Å². The number of nitrogens with zero attached hydrogens (tertiary/aromatic N) is 3. The SMILES string of the molecule is CCC(C(=O)O)N(C)C(=O)N(C)C1CCN(CC)CC1. The number of likely N-dealkylation sites (N-methyl/N-ethyl adjacent to an activating group) is 1. The number of carboxylic acid groups (broad SMARTS) is 1. The molecule has 1 aliphatic heterocycles. The summed E-state index contributed by atoms with van der Waals surface area (Å²) in [6.45, 7) is 6.96. The van der Waals surface area contributed by atoms with Crippen molar-refractivity contribution >= 4 is 12.0 Å². The molecule has 1 rings (SSSR count). The topological polar surface area (TPSA) is 64.1 Å². The van der Waals surface area contributed by atoms with Crippen molar-refractivity contribution in [2.75, 3.05) is 33.7 Å². The average molecular weight is 285 g/mol. The third-order valence-electron chi connectivity index (χ3n) is 4.29. The van der Waals surface area contributed by atoms with Gasteiger partial charge in [-0.25, -0.2) is 9.59 Å². The Morgan fingerprint density at radius 2 is 1.80 bits per heavy atom. The van der Waals surface area contributed by atoms with E-state index in [0.29, 0.717) is 6.42 Å². The summed E-state index contributed by atoms with van der Waals surface area (Å²) in [5.74, 6) is -0.947. The summed E-state index contributed by atoms with van der Waals surface area (Å²) in [7, 11) is 3.35. The molecule has 1 aliphatic rings. The van der Waals surface area contributed by atoms with Gasteiger partial charge in [0.05, 0.1) is 0 Å². The number of carboxylic acids is 1. The molecule has 1 unspecified atom stereocenters. The standard InChI is InChI=1S/C14H27N3O3/c1-5-12(13(18)19)16(4)14(20)15(3)11-7-9-17(6-2)10-8-11/h11-12H,5-10H2,1-4H3,(H,18,19). The Balaban J connectivity index is 2.60. The van der Waals surface area contributed by atoms with Crippen LogP contribution in [0.2, 0.25) is 0 Å². The first-order chi connectivity index (χ1) is 9.42. The Bertz CT molecular complexity index is 341. The maximum Gasteiger partial charge on any atom is 0.326 e. The lowest BCUT2D eigenvalue weighted by atomic mass is 10.0. The van der Waals surface area contributed by atoms with Crippen molar-refractivity contribution in [3.63, 3.8) is 0 Å². The zero-order chi connectivity index (χ0) is 15.3. The van der Waals surface area contributed by atoms with Crippen LogP contribution < -0.4 is 0 Å². The molecule has 1 saturated heterocycles. The van der Waals surface area contributed by atoms with Gasteiger partial charge in [0.25, 0.3) is 0 Å². The van der Waals surface area contributed by atoms with E-state index in [2.05, 4.69) is 11.8 Å². The number of hydrogen-bond donors (Lipinski definition) is 1. The minimum absolute atomic E-state index is 0.200. The molecule has 1 fully saturated rings. The van der Waals surface area contributed by atoms with E-state index in [1.165, 1.54) is 4.90 Å². The van der Waals surface area contributed by atoms with Gasteiger partial charge in [-0.05, 0) is 25.8 Å². The first-order valence-corrected chi connectivity index (χ1v) is 7.37. The molecule has 1 N–H and O–H groups in total. The van der Waals surface area contributed by atoms with Crippen LogP contribution in [0.4, 0.5) is 4.79 Å². The fourth-order valence-corrected chi connectivity index (χ4v) is 2.78. The monoisotopic (exact) mass is 285 g/mol. The number of rotatable bonds is 5. The highest BCUT2D eigenvalue weighted by atomic mass is 16.4. The number of piperidine rings is 1. The summed E-state index contributed by atoms with van der Waals surface area (Å²) in [5.41, 5.74) is 0. The molecule has 0 aromatic carbocycles. The predicted molar refractivity (Wildman–Crippen MR) is 77.8 cm³/mol. The number of carbonyl (C=O) groups excluding carboxylic acids is 1. The van der Waals surface area contributed by atoms with E-state index < -0.39 is 12.0 Å². The number of likely N-dealkylation sites (tertiary alicyclic amines) is 1. The molecule has 1 heterocycles. The Labute approximate surface area is 121 Å². The smallest absolute Gasteiger partial charge is 0.326 e. The van der Waals surface area contributed by atoms with Crippen LogP contribution in [0.1, 0.15) is 33.1 Å². The second kappa shape index (κ2) is 7.47. The van der Waals surface area contributed by atoms with Gasteiger partial charge >= 0.3 is 12.0 Å². The third-order valence-corrected chi connectivity index (χ3v) is 4.29. The number of aliphatic carboxylic acids is 1. The number of urea groups is 1. The van der Waals surface area contributed by atoms with E-state index in [9.17, 15) is 9.59 Å².